The molecule has 2 aromatic carbocycles. The van der Waals surface area contributed by atoms with E-state index in [2.05, 4.69) is 9.44 Å². The van der Waals surface area contributed by atoms with Crippen LogP contribution in [0.3, 0.4) is 0 Å². The molecule has 9 nitrogen and oxygen atoms in total. The van der Waals surface area contributed by atoms with E-state index in [4.69, 9.17) is 4.74 Å². The summed E-state index contributed by atoms with van der Waals surface area (Å²) in [6.45, 7) is 0.609. The maximum Gasteiger partial charge on any atom is 0.261 e. The summed E-state index contributed by atoms with van der Waals surface area (Å²) >= 11 is 0. The third kappa shape index (κ3) is 6.21. The van der Waals surface area contributed by atoms with E-state index < -0.39 is 20.0 Å². The molecule has 2 aromatic rings. The minimum Gasteiger partial charge on any atom is -0.497 e. The smallest absolute Gasteiger partial charge is 0.261 e. The summed E-state index contributed by atoms with van der Waals surface area (Å²) in [6, 6.07) is 12.0. The Morgan fingerprint density at radius 1 is 1.09 bits per heavy atom. The van der Waals surface area contributed by atoms with Gasteiger partial charge >= 0.3 is 0 Å². The van der Waals surface area contributed by atoms with Crippen molar-refractivity contribution >= 4 is 31.6 Å². The number of carbonyl (C=O) groups excluding carboxylic acids is 1. The maximum absolute atomic E-state index is 13.2. The number of amides is 1. The number of nitrogens with zero attached hydrogens (tertiary/aromatic N) is 1. The predicted molar refractivity (Wildman–Crippen MR) is 122 cm³/mol. The van der Waals surface area contributed by atoms with E-state index in [0.717, 1.165) is 19.1 Å². The molecule has 1 unspecified atom stereocenters. The monoisotopic (exact) mass is 481 g/mol. The molecule has 1 aliphatic heterocycles. The summed E-state index contributed by atoms with van der Waals surface area (Å²) in [4.78, 5) is 14.7. The fourth-order valence-electron chi connectivity index (χ4n) is 3.56. The molecule has 1 heterocycles. The second-order valence-electron chi connectivity index (χ2n) is 7.63. The van der Waals surface area contributed by atoms with E-state index >= 15 is 0 Å². The topological polar surface area (TPSA) is 122 Å². The molecule has 174 valence electrons. The Morgan fingerprint density at radius 3 is 2.47 bits per heavy atom. The fourth-order valence-corrected chi connectivity index (χ4v) is 5.16. The summed E-state index contributed by atoms with van der Waals surface area (Å²) in [5.41, 5.74) is 0.597. The zero-order valence-electron chi connectivity index (χ0n) is 17.9. The zero-order valence-corrected chi connectivity index (χ0v) is 19.6. The lowest BCUT2D eigenvalue weighted by Crippen LogP contribution is -2.49. The molecular formula is C21H27N3O6S2. The van der Waals surface area contributed by atoms with E-state index in [1.165, 1.54) is 25.3 Å². The molecular weight excluding hydrogens is 454 g/mol. The van der Waals surface area contributed by atoms with Crippen LogP contribution in [-0.2, 0) is 20.0 Å². The van der Waals surface area contributed by atoms with Crippen molar-refractivity contribution in [3.8, 4) is 5.75 Å². The van der Waals surface area contributed by atoms with Gasteiger partial charge in [-0.15, -0.1) is 0 Å². The van der Waals surface area contributed by atoms with Crippen LogP contribution in [0.5, 0.6) is 5.75 Å². The molecule has 0 spiro atoms. The lowest BCUT2D eigenvalue weighted by Gasteiger charge is -2.36. The van der Waals surface area contributed by atoms with E-state index in [1.54, 1.807) is 35.2 Å². The number of hydrogen-bond acceptors (Lipinski definition) is 6. The quantitative estimate of drug-likeness (QED) is 0.595. The standard InChI is InChI=1S/C21H27N3O6S2/c1-30-19-11-9-17(10-12-19)23-32(28,29)20-8-5-6-16(14-20)21(25)24-13-4-3-7-18(24)15-22-31(2,26)27/h5-6,8-12,14,18,22-23H,3-4,7,13,15H2,1-2H3. The van der Waals surface area contributed by atoms with E-state index in [0.29, 0.717) is 24.4 Å². The van der Waals surface area contributed by atoms with Gasteiger partial charge in [0.25, 0.3) is 15.9 Å². The van der Waals surface area contributed by atoms with Gasteiger partial charge in [0.05, 0.1) is 18.3 Å². The molecule has 0 saturated carbocycles. The molecule has 1 saturated heterocycles. The average molecular weight is 482 g/mol. The largest absolute Gasteiger partial charge is 0.497 e. The lowest BCUT2D eigenvalue weighted by molar-refractivity contribution is 0.0618. The third-order valence-electron chi connectivity index (χ3n) is 5.20. The minimum absolute atomic E-state index is 0.0398. The van der Waals surface area contributed by atoms with Gasteiger partial charge in [0.15, 0.2) is 0 Å². The van der Waals surface area contributed by atoms with Crippen molar-refractivity contribution in [3.05, 3.63) is 54.1 Å². The molecule has 3 rings (SSSR count). The first kappa shape index (κ1) is 24.0. The molecule has 32 heavy (non-hydrogen) atoms. The number of likely N-dealkylation sites (tertiary alicyclic amines) is 1. The zero-order chi connectivity index (χ0) is 23.4. The van der Waals surface area contributed by atoms with Crippen molar-refractivity contribution < 1.29 is 26.4 Å². The first-order chi connectivity index (χ1) is 15.1. The number of anilines is 1. The number of rotatable bonds is 8. The number of carbonyl (C=O) groups is 1. The Kier molecular flexibility index (Phi) is 7.42. The van der Waals surface area contributed by atoms with Crippen molar-refractivity contribution in [3.63, 3.8) is 0 Å². The highest BCUT2D eigenvalue weighted by atomic mass is 32.2. The van der Waals surface area contributed by atoms with Gasteiger partial charge in [0, 0.05) is 30.4 Å². The fraction of sp³-hybridized carbons (Fsp3) is 0.381. The van der Waals surface area contributed by atoms with Gasteiger partial charge in [0.1, 0.15) is 5.75 Å². The van der Waals surface area contributed by atoms with Crippen LogP contribution in [0.2, 0.25) is 0 Å². The normalized spacial score (nSPS) is 17.1. The highest BCUT2D eigenvalue weighted by molar-refractivity contribution is 7.92. The van der Waals surface area contributed by atoms with Crippen molar-refractivity contribution in [2.45, 2.75) is 30.2 Å². The van der Waals surface area contributed by atoms with Crippen LogP contribution in [0.4, 0.5) is 5.69 Å². The summed E-state index contributed by atoms with van der Waals surface area (Å²) in [5, 5.41) is 0. The number of piperidine rings is 1. The Bertz CT molecular complexity index is 1160. The van der Waals surface area contributed by atoms with Gasteiger partial charge in [-0.05, 0) is 61.7 Å². The van der Waals surface area contributed by atoms with Crippen LogP contribution in [-0.4, -0.2) is 60.1 Å². The Morgan fingerprint density at radius 2 is 1.81 bits per heavy atom. The Hall–Kier alpha value is -2.63. The van der Waals surface area contributed by atoms with Gasteiger partial charge in [0.2, 0.25) is 10.0 Å². The molecule has 2 N–H and O–H groups in total. The van der Waals surface area contributed by atoms with Crippen molar-refractivity contribution in [2.24, 2.45) is 0 Å². The molecule has 1 fully saturated rings. The van der Waals surface area contributed by atoms with Crippen molar-refractivity contribution in [1.82, 2.24) is 9.62 Å². The molecule has 0 aliphatic carbocycles. The molecule has 0 bridgehead atoms. The van der Waals surface area contributed by atoms with E-state index in [9.17, 15) is 21.6 Å². The molecule has 1 aliphatic rings. The average Bonchev–Trinajstić information content (AvgIpc) is 2.77. The summed E-state index contributed by atoms with van der Waals surface area (Å²) < 4.78 is 58.6. The highest BCUT2D eigenvalue weighted by Gasteiger charge is 2.28. The van der Waals surface area contributed by atoms with Crippen LogP contribution >= 0.6 is 0 Å². The first-order valence-corrected chi connectivity index (χ1v) is 13.5. The van der Waals surface area contributed by atoms with Crippen LogP contribution in [0.1, 0.15) is 29.6 Å². The lowest BCUT2D eigenvalue weighted by atomic mass is 10.0. The summed E-state index contributed by atoms with van der Waals surface area (Å²) in [5.74, 6) is 0.272. The number of ether oxygens (including phenoxy) is 1. The van der Waals surface area contributed by atoms with E-state index in [-0.39, 0.29) is 29.0 Å². The van der Waals surface area contributed by atoms with Crippen LogP contribution in [0, 0.1) is 0 Å². The van der Waals surface area contributed by atoms with Gasteiger partial charge in [-0.25, -0.2) is 21.6 Å². The third-order valence-corrected chi connectivity index (χ3v) is 7.27. The number of methoxy groups -OCH3 is 1. The summed E-state index contributed by atoms with van der Waals surface area (Å²) in [6.07, 6.45) is 3.44. The Labute approximate surface area is 188 Å². The van der Waals surface area contributed by atoms with Crippen LogP contribution in [0.15, 0.2) is 53.4 Å². The number of benzene rings is 2. The predicted octanol–water partition coefficient (Wildman–Crippen LogP) is 2.04. The van der Waals surface area contributed by atoms with Gasteiger partial charge in [-0.2, -0.15) is 0 Å². The SMILES string of the molecule is COc1ccc(NS(=O)(=O)c2cccc(C(=O)N3CCCCC3CNS(C)(=O)=O)c2)cc1. The van der Waals surface area contributed by atoms with Crippen LogP contribution in [0.25, 0.3) is 0 Å². The van der Waals surface area contributed by atoms with Crippen molar-refractivity contribution in [1.29, 1.82) is 0 Å². The van der Waals surface area contributed by atoms with Crippen LogP contribution < -0.4 is 14.2 Å². The second kappa shape index (κ2) is 9.88. The Balaban J connectivity index is 1.79. The molecule has 0 radical (unpaired) electrons. The maximum atomic E-state index is 13.2. The number of sulfonamides is 2. The minimum atomic E-state index is -3.92. The van der Waals surface area contributed by atoms with E-state index in [1.807, 2.05) is 0 Å². The molecule has 1 atom stereocenters. The van der Waals surface area contributed by atoms with Gasteiger partial charge in [-0.3, -0.25) is 9.52 Å². The molecule has 11 heteroatoms. The van der Waals surface area contributed by atoms with Gasteiger partial charge in [-0.1, -0.05) is 6.07 Å². The molecule has 0 aromatic heterocycles. The second-order valence-corrected chi connectivity index (χ2v) is 11.1. The van der Waals surface area contributed by atoms with Crippen molar-refractivity contribution in [2.75, 3.05) is 31.2 Å². The number of hydrogen-bond donors (Lipinski definition) is 2. The molecule has 1 amide bonds. The highest BCUT2D eigenvalue weighted by Crippen LogP contribution is 2.23. The summed E-state index contributed by atoms with van der Waals surface area (Å²) in [7, 11) is -5.78. The number of nitrogens with one attached hydrogen (secondary N) is 2. The first-order valence-electron chi connectivity index (χ1n) is 10.1. The van der Waals surface area contributed by atoms with Gasteiger partial charge < -0.3 is 9.64 Å².